The quantitative estimate of drug-likeness (QED) is 0.870. The van der Waals surface area contributed by atoms with Crippen molar-refractivity contribution < 1.29 is 17.3 Å². The first kappa shape index (κ1) is 12.9. The molecule has 2 aromatic rings. The largest absolute Gasteiger partial charge is 0.469 e. The van der Waals surface area contributed by atoms with Crippen LogP contribution in [-0.2, 0) is 10.0 Å². The van der Waals surface area contributed by atoms with Crippen LogP contribution in [0, 0.1) is 0 Å². The Labute approximate surface area is 106 Å². The third-order valence-corrected chi connectivity index (χ3v) is 4.03. The van der Waals surface area contributed by atoms with E-state index < -0.39 is 10.0 Å². The molecule has 1 N–H and O–H groups in total. The SMILES string of the molecule is CCS(=O)(=O)NCC(c1ccco1)c1ccco1. The van der Waals surface area contributed by atoms with Gasteiger partial charge in [-0.05, 0) is 31.2 Å². The molecule has 0 saturated carbocycles. The number of furan rings is 2. The van der Waals surface area contributed by atoms with E-state index in [9.17, 15) is 8.42 Å². The van der Waals surface area contributed by atoms with Crippen molar-refractivity contribution >= 4 is 10.0 Å². The first-order valence-electron chi connectivity index (χ1n) is 5.66. The van der Waals surface area contributed by atoms with Crippen LogP contribution >= 0.6 is 0 Å². The zero-order chi connectivity index (χ0) is 13.0. The molecule has 0 aromatic carbocycles. The Hall–Kier alpha value is -1.53. The van der Waals surface area contributed by atoms with Crippen LogP contribution in [0.25, 0.3) is 0 Å². The maximum Gasteiger partial charge on any atom is 0.211 e. The summed E-state index contributed by atoms with van der Waals surface area (Å²) in [6.45, 7) is 1.81. The summed E-state index contributed by atoms with van der Waals surface area (Å²) >= 11 is 0. The van der Waals surface area contributed by atoms with Gasteiger partial charge in [-0.3, -0.25) is 0 Å². The fourth-order valence-corrected chi connectivity index (χ4v) is 2.26. The summed E-state index contributed by atoms with van der Waals surface area (Å²) in [5, 5.41) is 0. The first-order valence-corrected chi connectivity index (χ1v) is 7.31. The molecule has 0 unspecified atom stereocenters. The summed E-state index contributed by atoms with van der Waals surface area (Å²) in [7, 11) is -3.23. The molecule has 2 aromatic heterocycles. The highest BCUT2D eigenvalue weighted by Crippen LogP contribution is 2.24. The first-order chi connectivity index (χ1) is 8.62. The molecule has 0 radical (unpaired) electrons. The zero-order valence-electron chi connectivity index (χ0n) is 10.00. The molecule has 18 heavy (non-hydrogen) atoms. The Bertz CT molecular complexity index is 523. The Morgan fingerprint density at radius 2 is 1.72 bits per heavy atom. The van der Waals surface area contributed by atoms with Gasteiger partial charge >= 0.3 is 0 Å². The van der Waals surface area contributed by atoms with Gasteiger partial charge < -0.3 is 8.83 Å². The van der Waals surface area contributed by atoms with Crippen LogP contribution in [0.5, 0.6) is 0 Å². The molecule has 0 bridgehead atoms. The predicted molar refractivity (Wildman–Crippen MR) is 66.7 cm³/mol. The van der Waals surface area contributed by atoms with Crippen LogP contribution in [0.15, 0.2) is 45.6 Å². The molecule has 0 spiro atoms. The second kappa shape index (κ2) is 5.41. The van der Waals surface area contributed by atoms with Crippen LogP contribution in [0.1, 0.15) is 24.4 Å². The van der Waals surface area contributed by atoms with E-state index in [1.54, 1.807) is 43.7 Å². The fraction of sp³-hybridized carbons (Fsp3) is 0.333. The van der Waals surface area contributed by atoms with E-state index in [4.69, 9.17) is 8.83 Å². The molecule has 0 fully saturated rings. The van der Waals surface area contributed by atoms with Gasteiger partial charge in [0.2, 0.25) is 10.0 Å². The van der Waals surface area contributed by atoms with Crippen molar-refractivity contribution in [3.8, 4) is 0 Å². The topological polar surface area (TPSA) is 72.5 Å². The van der Waals surface area contributed by atoms with Gasteiger partial charge in [0, 0.05) is 6.54 Å². The maximum absolute atomic E-state index is 11.5. The van der Waals surface area contributed by atoms with Gasteiger partial charge in [0.15, 0.2) is 0 Å². The van der Waals surface area contributed by atoms with Crippen molar-refractivity contribution in [2.24, 2.45) is 0 Å². The summed E-state index contributed by atoms with van der Waals surface area (Å²) < 4.78 is 36.1. The highest BCUT2D eigenvalue weighted by Gasteiger charge is 2.21. The Kier molecular flexibility index (Phi) is 3.88. The van der Waals surface area contributed by atoms with E-state index in [0.29, 0.717) is 11.5 Å². The Balaban J connectivity index is 2.17. The normalized spacial score (nSPS) is 12.1. The van der Waals surface area contributed by atoms with E-state index in [1.807, 2.05) is 0 Å². The zero-order valence-corrected chi connectivity index (χ0v) is 10.8. The molecule has 0 aliphatic rings. The second-order valence-electron chi connectivity index (χ2n) is 3.84. The number of hydrogen-bond acceptors (Lipinski definition) is 4. The van der Waals surface area contributed by atoms with Crippen molar-refractivity contribution in [2.45, 2.75) is 12.8 Å². The molecule has 5 nitrogen and oxygen atoms in total. The number of sulfonamides is 1. The van der Waals surface area contributed by atoms with Gasteiger partial charge in [-0.2, -0.15) is 0 Å². The van der Waals surface area contributed by atoms with Gasteiger partial charge in [-0.25, -0.2) is 13.1 Å². The summed E-state index contributed by atoms with van der Waals surface area (Å²) in [5.74, 6) is 1.14. The lowest BCUT2D eigenvalue weighted by molar-refractivity contribution is 0.424. The standard InChI is InChI=1S/C12H15NO4S/c1-2-18(14,15)13-9-10(11-5-3-7-16-11)12-6-4-8-17-12/h3-8,10,13H,2,9H2,1H3. The third kappa shape index (κ3) is 3.02. The van der Waals surface area contributed by atoms with Crippen LogP contribution in [0.2, 0.25) is 0 Å². The summed E-state index contributed by atoms with van der Waals surface area (Å²) in [4.78, 5) is 0. The molecule has 0 saturated heterocycles. The third-order valence-electron chi connectivity index (χ3n) is 2.66. The average Bonchev–Trinajstić information content (AvgIpc) is 3.01. The molecular formula is C12H15NO4S. The highest BCUT2D eigenvalue weighted by atomic mass is 32.2. The summed E-state index contributed by atoms with van der Waals surface area (Å²) in [5.41, 5.74) is 0. The van der Waals surface area contributed by atoms with Crippen LogP contribution in [0.3, 0.4) is 0 Å². The minimum absolute atomic E-state index is 0.0516. The van der Waals surface area contributed by atoms with E-state index >= 15 is 0 Å². The second-order valence-corrected chi connectivity index (χ2v) is 5.93. The minimum atomic E-state index is -3.23. The van der Waals surface area contributed by atoms with E-state index in [1.165, 1.54) is 0 Å². The lowest BCUT2D eigenvalue weighted by Gasteiger charge is -2.12. The van der Waals surface area contributed by atoms with Crippen molar-refractivity contribution in [3.63, 3.8) is 0 Å². The molecule has 2 heterocycles. The Morgan fingerprint density at radius 3 is 2.11 bits per heavy atom. The Morgan fingerprint density at radius 1 is 1.17 bits per heavy atom. The molecule has 0 aliphatic heterocycles. The molecule has 0 amide bonds. The predicted octanol–water partition coefficient (Wildman–Crippen LogP) is 1.94. The molecule has 98 valence electrons. The summed E-state index contributed by atoms with van der Waals surface area (Å²) in [6.07, 6.45) is 3.11. The van der Waals surface area contributed by atoms with E-state index in [0.717, 1.165) is 0 Å². The highest BCUT2D eigenvalue weighted by molar-refractivity contribution is 7.89. The van der Waals surface area contributed by atoms with Crippen LogP contribution in [-0.4, -0.2) is 20.7 Å². The van der Waals surface area contributed by atoms with Crippen molar-refractivity contribution in [1.82, 2.24) is 4.72 Å². The smallest absolute Gasteiger partial charge is 0.211 e. The van der Waals surface area contributed by atoms with Crippen LogP contribution in [0.4, 0.5) is 0 Å². The van der Waals surface area contributed by atoms with Gasteiger partial charge in [-0.15, -0.1) is 0 Å². The van der Waals surface area contributed by atoms with Crippen molar-refractivity contribution in [1.29, 1.82) is 0 Å². The molecule has 0 atom stereocenters. The lowest BCUT2D eigenvalue weighted by atomic mass is 10.0. The maximum atomic E-state index is 11.5. The van der Waals surface area contributed by atoms with Gasteiger partial charge in [0.25, 0.3) is 0 Å². The van der Waals surface area contributed by atoms with Gasteiger partial charge in [-0.1, -0.05) is 0 Å². The summed E-state index contributed by atoms with van der Waals surface area (Å²) in [6, 6.07) is 7.13. The molecular weight excluding hydrogens is 254 g/mol. The number of rotatable bonds is 6. The molecule has 2 rings (SSSR count). The molecule has 0 aliphatic carbocycles. The number of nitrogens with one attached hydrogen (secondary N) is 1. The monoisotopic (exact) mass is 269 g/mol. The van der Waals surface area contributed by atoms with Crippen molar-refractivity contribution in [2.75, 3.05) is 12.3 Å². The fourth-order valence-electron chi connectivity index (χ4n) is 1.63. The average molecular weight is 269 g/mol. The van der Waals surface area contributed by atoms with Crippen LogP contribution < -0.4 is 4.72 Å². The lowest BCUT2D eigenvalue weighted by Crippen LogP contribution is -2.29. The minimum Gasteiger partial charge on any atom is -0.469 e. The van der Waals surface area contributed by atoms with E-state index in [2.05, 4.69) is 4.72 Å². The molecule has 6 heteroatoms. The number of hydrogen-bond donors (Lipinski definition) is 1. The van der Waals surface area contributed by atoms with Crippen molar-refractivity contribution in [3.05, 3.63) is 48.3 Å². The van der Waals surface area contributed by atoms with Gasteiger partial charge in [0.1, 0.15) is 11.5 Å². The van der Waals surface area contributed by atoms with Gasteiger partial charge in [0.05, 0.1) is 24.2 Å². The van der Waals surface area contributed by atoms with E-state index in [-0.39, 0.29) is 18.2 Å².